The number of aldehydes is 1. The minimum Gasteiger partial charge on any atom is -0.469 e. The Morgan fingerprint density at radius 2 is 2.05 bits per heavy atom. The van der Waals surface area contributed by atoms with Gasteiger partial charge >= 0.3 is 5.97 Å². The number of rotatable bonds is 4. The van der Waals surface area contributed by atoms with E-state index in [1.54, 1.807) is 6.20 Å². The minimum atomic E-state index is -0.642. The van der Waals surface area contributed by atoms with Gasteiger partial charge in [0.1, 0.15) is 0 Å². The summed E-state index contributed by atoms with van der Waals surface area (Å²) < 4.78 is 6.74. The van der Waals surface area contributed by atoms with Crippen LogP contribution in [0.15, 0.2) is 30.5 Å². The molecule has 0 spiro atoms. The zero-order valence-corrected chi connectivity index (χ0v) is 11.3. The molecule has 0 bridgehead atoms. The molecule has 19 heavy (non-hydrogen) atoms. The highest BCUT2D eigenvalue weighted by Crippen LogP contribution is 2.26. The molecule has 1 aromatic heterocycles. The number of benzene rings is 1. The molecule has 2 rings (SSSR count). The monoisotopic (exact) mass is 259 g/mol. The predicted octanol–water partition coefficient (Wildman–Crippen LogP) is 2.65. The molecule has 1 heterocycles. The summed E-state index contributed by atoms with van der Waals surface area (Å²) in [7, 11) is 1.38. The van der Waals surface area contributed by atoms with Crippen LogP contribution in [0.5, 0.6) is 0 Å². The van der Waals surface area contributed by atoms with Crippen molar-refractivity contribution in [2.45, 2.75) is 20.4 Å². The van der Waals surface area contributed by atoms with E-state index in [1.165, 1.54) is 7.11 Å². The second kappa shape index (κ2) is 4.88. The van der Waals surface area contributed by atoms with E-state index in [1.807, 2.05) is 42.7 Å². The normalized spacial score (nSPS) is 11.5. The molecule has 0 unspecified atom stereocenters. The topological polar surface area (TPSA) is 48.3 Å². The molecule has 0 saturated carbocycles. The summed E-state index contributed by atoms with van der Waals surface area (Å²) >= 11 is 0. The third-order valence-corrected chi connectivity index (χ3v) is 3.25. The van der Waals surface area contributed by atoms with Crippen LogP contribution in [0.4, 0.5) is 0 Å². The van der Waals surface area contributed by atoms with Crippen LogP contribution in [-0.4, -0.2) is 23.9 Å². The summed E-state index contributed by atoms with van der Waals surface area (Å²) in [6, 6.07) is 7.65. The van der Waals surface area contributed by atoms with E-state index in [-0.39, 0.29) is 5.97 Å². The lowest BCUT2D eigenvalue weighted by atomic mass is 9.93. The number of nitrogens with zero attached hydrogens (tertiary/aromatic N) is 1. The van der Waals surface area contributed by atoms with Crippen LogP contribution < -0.4 is 0 Å². The van der Waals surface area contributed by atoms with E-state index in [9.17, 15) is 9.59 Å². The van der Waals surface area contributed by atoms with Crippen molar-refractivity contribution in [3.63, 3.8) is 0 Å². The van der Waals surface area contributed by atoms with Crippen LogP contribution in [0.2, 0.25) is 0 Å². The first-order chi connectivity index (χ1) is 8.99. The van der Waals surface area contributed by atoms with E-state index in [2.05, 4.69) is 0 Å². The Bertz CT molecular complexity index is 625. The molecule has 4 heteroatoms. The molecule has 100 valence electrons. The molecule has 1 aromatic carbocycles. The van der Waals surface area contributed by atoms with Gasteiger partial charge in [-0.3, -0.25) is 9.59 Å². The second-order valence-corrected chi connectivity index (χ2v) is 5.22. The Morgan fingerprint density at radius 3 is 2.68 bits per heavy atom. The third-order valence-electron chi connectivity index (χ3n) is 3.25. The first kappa shape index (κ1) is 13.3. The van der Waals surface area contributed by atoms with Gasteiger partial charge in [-0.1, -0.05) is 18.2 Å². The average Bonchev–Trinajstić information content (AvgIpc) is 2.75. The van der Waals surface area contributed by atoms with E-state index in [0.717, 1.165) is 17.2 Å². The lowest BCUT2D eigenvalue weighted by Gasteiger charge is -2.22. The fourth-order valence-corrected chi connectivity index (χ4v) is 2.27. The van der Waals surface area contributed by atoms with Gasteiger partial charge in [0.15, 0.2) is 6.29 Å². The zero-order valence-electron chi connectivity index (χ0n) is 11.3. The van der Waals surface area contributed by atoms with E-state index < -0.39 is 5.41 Å². The molecule has 0 N–H and O–H groups in total. The quantitative estimate of drug-likeness (QED) is 0.626. The van der Waals surface area contributed by atoms with Crippen molar-refractivity contribution in [1.82, 2.24) is 4.57 Å². The van der Waals surface area contributed by atoms with Gasteiger partial charge in [0.25, 0.3) is 0 Å². The van der Waals surface area contributed by atoms with Crippen molar-refractivity contribution in [3.05, 3.63) is 36.0 Å². The molecule has 0 amide bonds. The molecule has 0 radical (unpaired) electrons. The Kier molecular flexibility index (Phi) is 3.42. The minimum absolute atomic E-state index is 0.266. The fourth-order valence-electron chi connectivity index (χ4n) is 2.27. The molecular weight excluding hydrogens is 242 g/mol. The average molecular weight is 259 g/mol. The lowest BCUT2D eigenvalue weighted by Crippen LogP contribution is -2.30. The molecule has 2 aromatic rings. The molecule has 0 saturated heterocycles. The number of para-hydroxylation sites is 1. The number of fused-ring (bicyclic) bond motifs is 1. The predicted molar refractivity (Wildman–Crippen MR) is 73.1 cm³/mol. The van der Waals surface area contributed by atoms with Gasteiger partial charge in [-0.25, -0.2) is 0 Å². The van der Waals surface area contributed by atoms with Gasteiger partial charge in [0.05, 0.1) is 12.5 Å². The largest absolute Gasteiger partial charge is 0.469 e. The van der Waals surface area contributed by atoms with Crippen molar-refractivity contribution in [2.75, 3.05) is 7.11 Å². The van der Waals surface area contributed by atoms with Crippen molar-refractivity contribution in [1.29, 1.82) is 0 Å². The van der Waals surface area contributed by atoms with Crippen molar-refractivity contribution >= 4 is 23.2 Å². The number of ether oxygens (including phenoxy) is 1. The van der Waals surface area contributed by atoms with Gasteiger partial charge in [0.2, 0.25) is 0 Å². The van der Waals surface area contributed by atoms with Crippen molar-refractivity contribution < 1.29 is 14.3 Å². The lowest BCUT2D eigenvalue weighted by molar-refractivity contribution is -0.151. The highest BCUT2D eigenvalue weighted by molar-refractivity contribution is 5.97. The number of carbonyl (C=O) groups is 2. The van der Waals surface area contributed by atoms with E-state index in [4.69, 9.17) is 4.74 Å². The highest BCUT2D eigenvalue weighted by Gasteiger charge is 2.29. The summed E-state index contributed by atoms with van der Waals surface area (Å²) in [6.07, 6.45) is 2.62. The molecule has 0 aliphatic rings. The maximum Gasteiger partial charge on any atom is 0.313 e. The number of methoxy groups -OCH3 is 1. The van der Waals surface area contributed by atoms with E-state index in [0.29, 0.717) is 12.1 Å². The fraction of sp³-hybridized carbons (Fsp3) is 0.333. The van der Waals surface area contributed by atoms with Gasteiger partial charge < -0.3 is 9.30 Å². The number of hydrogen-bond donors (Lipinski definition) is 0. The standard InChI is InChI=1S/C15H17NO3/c1-15(2,14(18)19-3)10-16-8-11(9-17)12-6-4-5-7-13(12)16/h4-9H,10H2,1-3H3. The van der Waals surface area contributed by atoms with Crippen LogP contribution in [0, 0.1) is 5.41 Å². The molecular formula is C15H17NO3. The molecule has 0 fully saturated rings. The highest BCUT2D eigenvalue weighted by atomic mass is 16.5. The Balaban J connectivity index is 2.46. The van der Waals surface area contributed by atoms with Crippen LogP contribution in [0.1, 0.15) is 24.2 Å². The van der Waals surface area contributed by atoms with Crippen LogP contribution in [-0.2, 0) is 16.1 Å². The smallest absolute Gasteiger partial charge is 0.313 e. The SMILES string of the molecule is COC(=O)C(C)(C)Cn1cc(C=O)c2ccccc21. The van der Waals surface area contributed by atoms with Crippen LogP contribution in [0.25, 0.3) is 10.9 Å². The summed E-state index contributed by atoms with van der Waals surface area (Å²) in [5, 5.41) is 0.901. The molecule has 0 atom stereocenters. The van der Waals surface area contributed by atoms with Gasteiger partial charge in [0, 0.05) is 29.2 Å². The maximum atomic E-state index is 11.7. The summed E-state index contributed by atoms with van der Waals surface area (Å²) in [5.41, 5.74) is 0.939. The van der Waals surface area contributed by atoms with Crippen molar-refractivity contribution in [3.8, 4) is 0 Å². The number of aromatic nitrogens is 1. The molecule has 4 nitrogen and oxygen atoms in total. The molecule has 0 aliphatic carbocycles. The summed E-state index contributed by atoms with van der Waals surface area (Å²) in [4.78, 5) is 22.8. The van der Waals surface area contributed by atoms with E-state index >= 15 is 0 Å². The zero-order chi connectivity index (χ0) is 14.0. The Labute approximate surface area is 112 Å². The second-order valence-electron chi connectivity index (χ2n) is 5.22. The van der Waals surface area contributed by atoms with Crippen LogP contribution >= 0.6 is 0 Å². The van der Waals surface area contributed by atoms with Gasteiger partial charge in [-0.2, -0.15) is 0 Å². The summed E-state index contributed by atoms with van der Waals surface area (Å²) in [6.45, 7) is 4.12. The van der Waals surface area contributed by atoms with Gasteiger partial charge in [-0.05, 0) is 19.9 Å². The van der Waals surface area contributed by atoms with Gasteiger partial charge in [-0.15, -0.1) is 0 Å². The van der Waals surface area contributed by atoms with Crippen LogP contribution in [0.3, 0.4) is 0 Å². The first-order valence-electron chi connectivity index (χ1n) is 6.11. The number of carbonyl (C=O) groups excluding carboxylic acids is 2. The molecule has 0 aliphatic heterocycles. The maximum absolute atomic E-state index is 11.7. The number of esters is 1. The first-order valence-corrected chi connectivity index (χ1v) is 6.11. The Morgan fingerprint density at radius 1 is 1.37 bits per heavy atom. The summed E-state index contributed by atoms with van der Waals surface area (Å²) in [5.74, 6) is -0.266. The van der Waals surface area contributed by atoms with Crippen molar-refractivity contribution in [2.24, 2.45) is 5.41 Å². The number of hydrogen-bond acceptors (Lipinski definition) is 3. The Hall–Kier alpha value is -2.10. The third kappa shape index (κ3) is 2.38.